The quantitative estimate of drug-likeness (QED) is 0.854. The molecule has 0 atom stereocenters. The number of anilines is 1. The summed E-state index contributed by atoms with van der Waals surface area (Å²) in [7, 11) is 0. The van der Waals surface area contributed by atoms with E-state index in [1.807, 2.05) is 19.1 Å². The minimum absolute atomic E-state index is 0.0581. The number of hydrogen-bond donors (Lipinski definition) is 1. The van der Waals surface area contributed by atoms with Gasteiger partial charge in [0.05, 0.1) is 0 Å². The molecule has 0 aliphatic rings. The standard InChI is InChI=1S/C11H15ClN2O/c1-2-11(15)14(7-6-13)10-5-3-4-9(12)8-10/h3-5,8H,2,6-7,13H2,1H3. The minimum Gasteiger partial charge on any atom is -0.329 e. The average Bonchev–Trinajstić information content (AvgIpc) is 2.25. The van der Waals surface area contributed by atoms with E-state index in [9.17, 15) is 4.79 Å². The Labute approximate surface area is 94.8 Å². The number of carbonyl (C=O) groups is 1. The zero-order valence-corrected chi connectivity index (χ0v) is 9.50. The zero-order chi connectivity index (χ0) is 11.3. The Bertz CT molecular complexity index is 341. The highest BCUT2D eigenvalue weighted by Gasteiger charge is 2.12. The Morgan fingerprint density at radius 3 is 2.80 bits per heavy atom. The summed E-state index contributed by atoms with van der Waals surface area (Å²) in [6.07, 6.45) is 0.465. The maximum absolute atomic E-state index is 11.6. The second-order valence-corrected chi connectivity index (χ2v) is 3.60. The highest BCUT2D eigenvalue weighted by molar-refractivity contribution is 6.30. The predicted molar refractivity (Wildman–Crippen MR) is 63.2 cm³/mol. The van der Waals surface area contributed by atoms with E-state index in [0.29, 0.717) is 24.5 Å². The number of benzene rings is 1. The molecule has 15 heavy (non-hydrogen) atoms. The fourth-order valence-electron chi connectivity index (χ4n) is 1.36. The molecule has 3 nitrogen and oxygen atoms in total. The van der Waals surface area contributed by atoms with Gasteiger partial charge in [-0.2, -0.15) is 0 Å². The van der Waals surface area contributed by atoms with E-state index >= 15 is 0 Å². The first-order chi connectivity index (χ1) is 7.19. The van der Waals surface area contributed by atoms with Crippen molar-refractivity contribution in [2.45, 2.75) is 13.3 Å². The third-order valence-corrected chi connectivity index (χ3v) is 2.31. The molecule has 0 aliphatic carbocycles. The molecule has 1 amide bonds. The van der Waals surface area contributed by atoms with Crippen molar-refractivity contribution in [1.29, 1.82) is 0 Å². The predicted octanol–water partition coefficient (Wildman–Crippen LogP) is 2.04. The summed E-state index contributed by atoms with van der Waals surface area (Å²) in [6, 6.07) is 7.23. The molecular formula is C11H15ClN2O. The first-order valence-corrected chi connectivity index (χ1v) is 5.32. The third kappa shape index (κ3) is 3.22. The van der Waals surface area contributed by atoms with Crippen molar-refractivity contribution < 1.29 is 4.79 Å². The maximum Gasteiger partial charge on any atom is 0.226 e. The van der Waals surface area contributed by atoms with Crippen LogP contribution in [0.4, 0.5) is 5.69 Å². The highest BCUT2D eigenvalue weighted by atomic mass is 35.5. The van der Waals surface area contributed by atoms with Crippen LogP contribution in [0.3, 0.4) is 0 Å². The van der Waals surface area contributed by atoms with E-state index in [4.69, 9.17) is 17.3 Å². The van der Waals surface area contributed by atoms with E-state index in [2.05, 4.69) is 0 Å². The summed E-state index contributed by atoms with van der Waals surface area (Å²) >= 11 is 5.87. The number of nitrogens with two attached hydrogens (primary N) is 1. The van der Waals surface area contributed by atoms with Crippen LogP contribution in [0.2, 0.25) is 5.02 Å². The van der Waals surface area contributed by atoms with Crippen LogP contribution in [0.15, 0.2) is 24.3 Å². The summed E-state index contributed by atoms with van der Waals surface area (Å²) in [6.45, 7) is 2.79. The molecule has 0 fully saturated rings. The molecule has 0 saturated carbocycles. The fraction of sp³-hybridized carbons (Fsp3) is 0.364. The van der Waals surface area contributed by atoms with Crippen LogP contribution in [0.25, 0.3) is 0 Å². The Hall–Kier alpha value is -1.06. The van der Waals surface area contributed by atoms with Crippen molar-refractivity contribution in [3.8, 4) is 0 Å². The number of amides is 1. The van der Waals surface area contributed by atoms with Gasteiger partial charge in [-0.25, -0.2) is 0 Å². The molecule has 2 N–H and O–H groups in total. The van der Waals surface area contributed by atoms with Crippen molar-refractivity contribution in [3.05, 3.63) is 29.3 Å². The number of nitrogens with zero attached hydrogens (tertiary/aromatic N) is 1. The second kappa shape index (κ2) is 5.73. The summed E-state index contributed by atoms with van der Waals surface area (Å²) in [5.41, 5.74) is 6.28. The Morgan fingerprint density at radius 2 is 2.27 bits per heavy atom. The van der Waals surface area contributed by atoms with Gasteiger partial charge in [-0.15, -0.1) is 0 Å². The second-order valence-electron chi connectivity index (χ2n) is 3.17. The molecule has 0 spiro atoms. The molecule has 0 aliphatic heterocycles. The summed E-state index contributed by atoms with van der Waals surface area (Å²) in [5, 5.41) is 0.624. The number of carbonyl (C=O) groups excluding carboxylic acids is 1. The average molecular weight is 227 g/mol. The normalized spacial score (nSPS) is 10.1. The van der Waals surface area contributed by atoms with Gasteiger partial charge < -0.3 is 10.6 Å². The SMILES string of the molecule is CCC(=O)N(CCN)c1cccc(Cl)c1. The lowest BCUT2D eigenvalue weighted by molar-refractivity contribution is -0.118. The van der Waals surface area contributed by atoms with Crippen LogP contribution in [0.5, 0.6) is 0 Å². The van der Waals surface area contributed by atoms with Gasteiger partial charge in [0.1, 0.15) is 0 Å². The molecule has 1 aromatic carbocycles. The first kappa shape index (κ1) is 12.0. The lowest BCUT2D eigenvalue weighted by Gasteiger charge is -2.21. The van der Waals surface area contributed by atoms with Crippen molar-refractivity contribution in [3.63, 3.8) is 0 Å². The van der Waals surface area contributed by atoms with Crippen molar-refractivity contribution >= 4 is 23.2 Å². The Balaban J connectivity index is 2.93. The van der Waals surface area contributed by atoms with Crippen LogP contribution in [0, 0.1) is 0 Å². The minimum atomic E-state index is 0.0581. The van der Waals surface area contributed by atoms with Crippen molar-refractivity contribution in [2.24, 2.45) is 5.73 Å². The molecule has 1 rings (SSSR count). The lowest BCUT2D eigenvalue weighted by Crippen LogP contribution is -2.34. The van der Waals surface area contributed by atoms with E-state index in [1.54, 1.807) is 17.0 Å². The molecule has 0 heterocycles. The molecule has 0 bridgehead atoms. The van der Waals surface area contributed by atoms with Gasteiger partial charge >= 0.3 is 0 Å². The molecular weight excluding hydrogens is 212 g/mol. The molecule has 0 unspecified atom stereocenters. The summed E-state index contributed by atoms with van der Waals surface area (Å²) < 4.78 is 0. The molecule has 0 radical (unpaired) electrons. The zero-order valence-electron chi connectivity index (χ0n) is 8.74. The van der Waals surface area contributed by atoms with Crippen LogP contribution < -0.4 is 10.6 Å². The molecule has 0 saturated heterocycles. The van der Waals surface area contributed by atoms with Crippen molar-refractivity contribution in [2.75, 3.05) is 18.0 Å². The van der Waals surface area contributed by atoms with E-state index < -0.39 is 0 Å². The Kier molecular flexibility index (Phi) is 4.59. The molecule has 1 aromatic rings. The molecule has 4 heteroatoms. The highest BCUT2D eigenvalue weighted by Crippen LogP contribution is 2.19. The first-order valence-electron chi connectivity index (χ1n) is 4.95. The van der Waals surface area contributed by atoms with E-state index in [-0.39, 0.29) is 5.91 Å². The largest absolute Gasteiger partial charge is 0.329 e. The maximum atomic E-state index is 11.6. The third-order valence-electron chi connectivity index (χ3n) is 2.08. The smallest absolute Gasteiger partial charge is 0.226 e. The van der Waals surface area contributed by atoms with Gasteiger partial charge in [0.25, 0.3) is 0 Å². The molecule has 82 valence electrons. The molecule has 0 aromatic heterocycles. The summed E-state index contributed by atoms with van der Waals surface area (Å²) in [5.74, 6) is 0.0581. The van der Waals surface area contributed by atoms with Crippen LogP contribution in [-0.2, 0) is 4.79 Å². The topological polar surface area (TPSA) is 46.3 Å². The summed E-state index contributed by atoms with van der Waals surface area (Å²) in [4.78, 5) is 13.3. The van der Waals surface area contributed by atoms with Crippen molar-refractivity contribution in [1.82, 2.24) is 0 Å². The Morgan fingerprint density at radius 1 is 1.53 bits per heavy atom. The van der Waals surface area contributed by atoms with Gasteiger partial charge in [0, 0.05) is 30.2 Å². The van der Waals surface area contributed by atoms with Crippen LogP contribution in [-0.4, -0.2) is 19.0 Å². The lowest BCUT2D eigenvalue weighted by atomic mass is 10.2. The van der Waals surface area contributed by atoms with Gasteiger partial charge in [-0.05, 0) is 18.2 Å². The monoisotopic (exact) mass is 226 g/mol. The van der Waals surface area contributed by atoms with Crippen LogP contribution >= 0.6 is 11.6 Å². The van der Waals surface area contributed by atoms with Gasteiger partial charge in [0.15, 0.2) is 0 Å². The number of hydrogen-bond acceptors (Lipinski definition) is 2. The number of rotatable bonds is 4. The van der Waals surface area contributed by atoms with E-state index in [0.717, 1.165) is 5.69 Å². The van der Waals surface area contributed by atoms with E-state index in [1.165, 1.54) is 0 Å². The number of halogens is 1. The van der Waals surface area contributed by atoms with Crippen LogP contribution in [0.1, 0.15) is 13.3 Å². The van der Waals surface area contributed by atoms with Gasteiger partial charge in [0.2, 0.25) is 5.91 Å². The van der Waals surface area contributed by atoms with Gasteiger partial charge in [-0.3, -0.25) is 4.79 Å². The van der Waals surface area contributed by atoms with Gasteiger partial charge in [-0.1, -0.05) is 24.6 Å². The fourth-order valence-corrected chi connectivity index (χ4v) is 1.55.